The molecular formula is C20H20FN3O. The largest absolute Gasteiger partial charge is 0.330 e. The van der Waals surface area contributed by atoms with E-state index in [1.165, 1.54) is 12.1 Å². The van der Waals surface area contributed by atoms with Crippen molar-refractivity contribution in [3.63, 3.8) is 0 Å². The number of imidazole rings is 1. The summed E-state index contributed by atoms with van der Waals surface area (Å²) < 4.78 is 14.9. The van der Waals surface area contributed by atoms with Crippen molar-refractivity contribution in [3.05, 3.63) is 89.8 Å². The molecule has 4 nitrogen and oxygen atoms in total. The molecular weight excluding hydrogens is 317 g/mol. The lowest BCUT2D eigenvalue weighted by Crippen LogP contribution is -2.34. The number of nitrogens with zero attached hydrogens (tertiary/aromatic N) is 3. The van der Waals surface area contributed by atoms with E-state index in [1.807, 2.05) is 37.3 Å². The molecule has 128 valence electrons. The fourth-order valence-electron chi connectivity index (χ4n) is 2.79. The van der Waals surface area contributed by atoms with Crippen LogP contribution in [0.4, 0.5) is 4.39 Å². The third kappa shape index (κ3) is 3.76. The number of rotatable bonds is 5. The summed E-state index contributed by atoms with van der Waals surface area (Å²) in [7, 11) is 1.80. The van der Waals surface area contributed by atoms with Gasteiger partial charge in [-0.1, -0.05) is 42.5 Å². The fourth-order valence-corrected chi connectivity index (χ4v) is 2.79. The van der Waals surface area contributed by atoms with Crippen molar-refractivity contribution in [2.75, 3.05) is 0 Å². The first kappa shape index (κ1) is 16.9. The molecule has 0 fully saturated rings. The molecule has 0 aliphatic rings. The highest BCUT2D eigenvalue weighted by molar-refractivity contribution is 5.92. The Labute approximate surface area is 146 Å². The Morgan fingerprint density at radius 2 is 1.84 bits per heavy atom. The van der Waals surface area contributed by atoms with Crippen LogP contribution in [0.1, 0.15) is 34.6 Å². The number of aryl methyl sites for hydroxylation is 1. The van der Waals surface area contributed by atoms with E-state index in [2.05, 4.69) is 4.98 Å². The van der Waals surface area contributed by atoms with Crippen molar-refractivity contribution < 1.29 is 9.18 Å². The Morgan fingerprint density at radius 3 is 2.44 bits per heavy atom. The van der Waals surface area contributed by atoms with Gasteiger partial charge in [-0.25, -0.2) is 9.37 Å². The molecule has 1 amide bonds. The molecule has 0 aliphatic carbocycles. The first-order chi connectivity index (χ1) is 12.1. The Balaban J connectivity index is 1.94. The van der Waals surface area contributed by atoms with Gasteiger partial charge in [0.15, 0.2) is 0 Å². The Hall–Kier alpha value is -2.95. The van der Waals surface area contributed by atoms with Gasteiger partial charge in [-0.2, -0.15) is 0 Å². The zero-order valence-electron chi connectivity index (χ0n) is 14.3. The Bertz CT molecular complexity index is 843. The molecule has 0 unspecified atom stereocenters. The molecule has 3 aromatic rings. The van der Waals surface area contributed by atoms with Crippen LogP contribution in [0.5, 0.6) is 0 Å². The maximum atomic E-state index is 13.2. The number of hydrogen-bond acceptors (Lipinski definition) is 2. The van der Waals surface area contributed by atoms with Gasteiger partial charge in [-0.3, -0.25) is 4.79 Å². The summed E-state index contributed by atoms with van der Waals surface area (Å²) in [4.78, 5) is 18.9. The maximum Gasteiger partial charge on any atom is 0.272 e. The second-order valence-corrected chi connectivity index (χ2v) is 6.04. The van der Waals surface area contributed by atoms with Gasteiger partial charge in [0, 0.05) is 13.6 Å². The van der Waals surface area contributed by atoms with Crippen LogP contribution in [-0.4, -0.2) is 20.4 Å². The number of aromatic nitrogens is 2. The fraction of sp³-hybridized carbons (Fsp3) is 0.200. The van der Waals surface area contributed by atoms with Gasteiger partial charge in [0.2, 0.25) is 0 Å². The predicted octanol–water partition coefficient (Wildman–Crippen LogP) is 3.96. The quantitative estimate of drug-likeness (QED) is 0.707. The zero-order chi connectivity index (χ0) is 17.8. The number of benzene rings is 2. The van der Waals surface area contributed by atoms with Crippen LogP contribution in [0.25, 0.3) is 0 Å². The van der Waals surface area contributed by atoms with Crippen LogP contribution in [0, 0.1) is 5.82 Å². The molecule has 0 radical (unpaired) electrons. The molecule has 25 heavy (non-hydrogen) atoms. The van der Waals surface area contributed by atoms with E-state index in [-0.39, 0.29) is 17.8 Å². The van der Waals surface area contributed by atoms with E-state index in [4.69, 9.17) is 0 Å². The molecule has 1 aromatic heterocycles. The minimum atomic E-state index is -0.288. The first-order valence-electron chi connectivity index (χ1n) is 8.13. The highest BCUT2D eigenvalue weighted by Crippen LogP contribution is 2.24. The third-order valence-corrected chi connectivity index (χ3v) is 4.31. The van der Waals surface area contributed by atoms with Crippen LogP contribution in [-0.2, 0) is 13.6 Å². The molecule has 0 bridgehead atoms. The average Bonchev–Trinajstić information content (AvgIpc) is 3.07. The molecule has 0 spiro atoms. The van der Waals surface area contributed by atoms with Gasteiger partial charge in [-0.05, 0) is 30.2 Å². The number of amides is 1. The molecule has 3 rings (SSSR count). The standard InChI is InChI=1S/C20H20FN3O/c1-15(17-6-4-3-5-7-17)24(13-16-8-10-18(21)11-9-16)20(25)19-12-22-14-23(19)2/h3-12,14-15H,13H2,1-2H3/t15-/m0/s1. The number of carbonyl (C=O) groups excluding carboxylic acids is 1. The third-order valence-electron chi connectivity index (χ3n) is 4.31. The van der Waals surface area contributed by atoms with Gasteiger partial charge >= 0.3 is 0 Å². The summed E-state index contributed by atoms with van der Waals surface area (Å²) in [5.41, 5.74) is 2.43. The van der Waals surface area contributed by atoms with Crippen molar-refractivity contribution in [2.45, 2.75) is 19.5 Å². The molecule has 0 aliphatic heterocycles. The smallest absolute Gasteiger partial charge is 0.272 e. The zero-order valence-corrected chi connectivity index (χ0v) is 14.3. The minimum absolute atomic E-state index is 0.110. The molecule has 0 N–H and O–H groups in total. The molecule has 2 aromatic carbocycles. The Kier molecular flexibility index (Phi) is 4.93. The second kappa shape index (κ2) is 7.30. The van der Waals surface area contributed by atoms with Gasteiger partial charge in [0.1, 0.15) is 11.5 Å². The number of hydrogen-bond donors (Lipinski definition) is 0. The molecule has 0 saturated carbocycles. The lowest BCUT2D eigenvalue weighted by Gasteiger charge is -2.30. The number of carbonyl (C=O) groups is 1. The van der Waals surface area contributed by atoms with Crippen molar-refractivity contribution in [1.29, 1.82) is 0 Å². The molecule has 5 heteroatoms. The maximum absolute atomic E-state index is 13.2. The van der Waals surface area contributed by atoms with E-state index in [0.717, 1.165) is 11.1 Å². The molecule has 1 heterocycles. The van der Waals surface area contributed by atoms with Crippen LogP contribution < -0.4 is 0 Å². The van der Waals surface area contributed by atoms with Gasteiger partial charge < -0.3 is 9.47 Å². The van der Waals surface area contributed by atoms with Crippen molar-refractivity contribution in [1.82, 2.24) is 14.5 Å². The van der Waals surface area contributed by atoms with Crippen molar-refractivity contribution in [2.24, 2.45) is 7.05 Å². The topological polar surface area (TPSA) is 38.1 Å². The number of halogens is 1. The summed E-state index contributed by atoms with van der Waals surface area (Å²) in [6.45, 7) is 2.38. The minimum Gasteiger partial charge on any atom is -0.330 e. The van der Waals surface area contributed by atoms with Crippen LogP contribution >= 0.6 is 0 Å². The van der Waals surface area contributed by atoms with Crippen LogP contribution in [0.3, 0.4) is 0 Å². The van der Waals surface area contributed by atoms with E-state index in [9.17, 15) is 9.18 Å². The van der Waals surface area contributed by atoms with Crippen molar-refractivity contribution >= 4 is 5.91 Å². The van der Waals surface area contributed by atoms with Crippen LogP contribution in [0.15, 0.2) is 67.1 Å². The highest BCUT2D eigenvalue weighted by Gasteiger charge is 2.25. The van der Waals surface area contributed by atoms with Gasteiger partial charge in [-0.15, -0.1) is 0 Å². The summed E-state index contributed by atoms with van der Waals surface area (Å²) in [5.74, 6) is -0.398. The van der Waals surface area contributed by atoms with E-state index < -0.39 is 0 Å². The monoisotopic (exact) mass is 337 g/mol. The highest BCUT2D eigenvalue weighted by atomic mass is 19.1. The lowest BCUT2D eigenvalue weighted by atomic mass is 10.1. The van der Waals surface area contributed by atoms with Gasteiger partial charge in [0.05, 0.1) is 18.6 Å². The van der Waals surface area contributed by atoms with Gasteiger partial charge in [0.25, 0.3) is 5.91 Å². The predicted molar refractivity (Wildman–Crippen MR) is 94.3 cm³/mol. The lowest BCUT2D eigenvalue weighted by molar-refractivity contribution is 0.0664. The molecule has 1 atom stereocenters. The molecule has 0 saturated heterocycles. The summed E-state index contributed by atoms with van der Waals surface area (Å²) >= 11 is 0. The summed E-state index contributed by atoms with van der Waals surface area (Å²) in [5, 5.41) is 0. The Morgan fingerprint density at radius 1 is 1.16 bits per heavy atom. The first-order valence-corrected chi connectivity index (χ1v) is 8.13. The SMILES string of the molecule is C[C@@H](c1ccccc1)N(Cc1ccc(F)cc1)C(=O)c1cncn1C. The van der Waals surface area contributed by atoms with Crippen molar-refractivity contribution in [3.8, 4) is 0 Å². The summed E-state index contributed by atoms with van der Waals surface area (Å²) in [6, 6.07) is 16.0. The average molecular weight is 337 g/mol. The van der Waals surface area contributed by atoms with E-state index in [0.29, 0.717) is 12.2 Å². The summed E-state index contributed by atoms with van der Waals surface area (Å²) in [6.07, 6.45) is 3.17. The van der Waals surface area contributed by atoms with Crippen LogP contribution in [0.2, 0.25) is 0 Å². The van der Waals surface area contributed by atoms with E-state index >= 15 is 0 Å². The van der Waals surface area contributed by atoms with E-state index in [1.54, 1.807) is 41.2 Å². The normalized spacial score (nSPS) is 12.0. The second-order valence-electron chi connectivity index (χ2n) is 6.04.